The summed E-state index contributed by atoms with van der Waals surface area (Å²) in [5.41, 5.74) is 0.888. The van der Waals surface area contributed by atoms with Crippen molar-refractivity contribution in [2.24, 2.45) is 4.99 Å². The van der Waals surface area contributed by atoms with Gasteiger partial charge in [-0.3, -0.25) is 4.79 Å². The van der Waals surface area contributed by atoms with Gasteiger partial charge in [0.2, 0.25) is 0 Å². The van der Waals surface area contributed by atoms with Gasteiger partial charge in [0.15, 0.2) is 11.4 Å². The second kappa shape index (κ2) is 8.73. The van der Waals surface area contributed by atoms with Gasteiger partial charge in [-0.05, 0) is 30.7 Å². The van der Waals surface area contributed by atoms with E-state index in [0.717, 1.165) is 34.7 Å². The van der Waals surface area contributed by atoms with E-state index in [0.29, 0.717) is 10.6 Å². The standard InChI is InChI=1S/C20H22N2O4S/c1-4-12-22-18-15(24-2)10-11-16(25-3)19(18)27-20(22)21-17(23)13-26-14-8-6-5-7-9-14/h5-11H,4,12-13H2,1-3H3. The van der Waals surface area contributed by atoms with Crippen molar-refractivity contribution < 1.29 is 19.0 Å². The number of para-hydroxylation sites is 1. The lowest BCUT2D eigenvalue weighted by molar-refractivity contribution is -0.120. The third kappa shape index (κ3) is 4.14. The van der Waals surface area contributed by atoms with Crippen LogP contribution in [0.15, 0.2) is 47.5 Å². The van der Waals surface area contributed by atoms with Crippen molar-refractivity contribution >= 4 is 27.5 Å². The molecule has 0 saturated heterocycles. The molecule has 0 aliphatic carbocycles. The van der Waals surface area contributed by atoms with Crippen LogP contribution in [-0.2, 0) is 11.3 Å². The van der Waals surface area contributed by atoms with Crippen LogP contribution in [0.1, 0.15) is 13.3 Å². The third-order valence-corrected chi connectivity index (χ3v) is 5.06. The minimum absolute atomic E-state index is 0.112. The molecule has 0 bridgehead atoms. The molecule has 0 spiro atoms. The summed E-state index contributed by atoms with van der Waals surface area (Å²) in [5.74, 6) is 1.76. The van der Waals surface area contributed by atoms with Crippen molar-refractivity contribution in [2.75, 3.05) is 20.8 Å². The number of aromatic nitrogens is 1. The minimum atomic E-state index is -0.340. The van der Waals surface area contributed by atoms with E-state index in [1.807, 2.05) is 34.9 Å². The van der Waals surface area contributed by atoms with E-state index in [9.17, 15) is 4.79 Å². The third-order valence-electron chi connectivity index (χ3n) is 3.97. The highest BCUT2D eigenvalue weighted by atomic mass is 32.1. The van der Waals surface area contributed by atoms with Crippen LogP contribution in [0.5, 0.6) is 17.2 Å². The summed E-state index contributed by atoms with van der Waals surface area (Å²) in [7, 11) is 3.26. The Hall–Kier alpha value is -2.80. The molecule has 0 fully saturated rings. The van der Waals surface area contributed by atoms with Crippen molar-refractivity contribution in [3.8, 4) is 17.2 Å². The van der Waals surface area contributed by atoms with E-state index in [1.165, 1.54) is 11.3 Å². The molecule has 0 radical (unpaired) electrons. The number of hydrogen-bond acceptors (Lipinski definition) is 5. The van der Waals surface area contributed by atoms with Gasteiger partial charge in [-0.1, -0.05) is 36.5 Å². The van der Waals surface area contributed by atoms with Gasteiger partial charge < -0.3 is 18.8 Å². The zero-order valence-electron chi connectivity index (χ0n) is 15.6. The Labute approximate surface area is 161 Å². The minimum Gasteiger partial charge on any atom is -0.495 e. The number of thiazole rings is 1. The Morgan fingerprint density at radius 1 is 1.07 bits per heavy atom. The largest absolute Gasteiger partial charge is 0.495 e. The Morgan fingerprint density at radius 3 is 2.44 bits per heavy atom. The Balaban J connectivity index is 2.00. The number of aryl methyl sites for hydroxylation is 1. The number of methoxy groups -OCH3 is 2. The van der Waals surface area contributed by atoms with Gasteiger partial charge in [0.25, 0.3) is 5.91 Å². The van der Waals surface area contributed by atoms with Crippen molar-refractivity contribution in [3.63, 3.8) is 0 Å². The molecule has 142 valence electrons. The Morgan fingerprint density at radius 2 is 1.78 bits per heavy atom. The van der Waals surface area contributed by atoms with Crippen molar-refractivity contribution in [1.82, 2.24) is 4.57 Å². The molecule has 0 aliphatic heterocycles. The number of carbonyl (C=O) groups excluding carboxylic acids is 1. The molecule has 0 saturated carbocycles. The van der Waals surface area contributed by atoms with Gasteiger partial charge in [0.05, 0.1) is 14.2 Å². The summed E-state index contributed by atoms with van der Waals surface area (Å²) in [6.45, 7) is 2.68. The smallest absolute Gasteiger partial charge is 0.286 e. The lowest BCUT2D eigenvalue weighted by atomic mass is 10.3. The molecule has 1 aromatic heterocycles. The first-order valence-electron chi connectivity index (χ1n) is 8.67. The molecule has 3 rings (SSSR count). The van der Waals surface area contributed by atoms with Crippen molar-refractivity contribution in [1.29, 1.82) is 0 Å². The predicted molar refractivity (Wildman–Crippen MR) is 106 cm³/mol. The average Bonchev–Trinajstić information content (AvgIpc) is 3.05. The molecule has 2 aromatic carbocycles. The summed E-state index contributed by atoms with van der Waals surface area (Å²) >= 11 is 1.41. The summed E-state index contributed by atoms with van der Waals surface area (Å²) in [6, 6.07) is 12.9. The van der Waals surface area contributed by atoms with Crippen LogP contribution >= 0.6 is 11.3 Å². The fourth-order valence-electron chi connectivity index (χ4n) is 2.77. The molecule has 0 aliphatic rings. The van der Waals surface area contributed by atoms with Gasteiger partial charge in [-0.2, -0.15) is 4.99 Å². The Bertz CT molecular complexity index is 992. The number of nitrogens with zero attached hydrogens (tertiary/aromatic N) is 2. The highest BCUT2D eigenvalue weighted by Gasteiger charge is 2.16. The number of amides is 1. The summed E-state index contributed by atoms with van der Waals surface area (Å²) in [5, 5.41) is 0. The van der Waals surface area contributed by atoms with Gasteiger partial charge in [0, 0.05) is 6.54 Å². The monoisotopic (exact) mass is 386 g/mol. The molecule has 7 heteroatoms. The number of fused-ring (bicyclic) bond motifs is 1. The molecule has 1 heterocycles. The maximum atomic E-state index is 12.4. The highest BCUT2D eigenvalue weighted by Crippen LogP contribution is 2.35. The molecule has 0 unspecified atom stereocenters. The maximum absolute atomic E-state index is 12.4. The van der Waals surface area contributed by atoms with E-state index in [-0.39, 0.29) is 12.5 Å². The normalized spacial score (nSPS) is 11.6. The molecular formula is C20H22N2O4S. The van der Waals surface area contributed by atoms with E-state index >= 15 is 0 Å². The molecule has 3 aromatic rings. The van der Waals surface area contributed by atoms with Crippen LogP contribution in [-0.4, -0.2) is 31.3 Å². The van der Waals surface area contributed by atoms with Crippen LogP contribution in [0.3, 0.4) is 0 Å². The van der Waals surface area contributed by atoms with Crippen molar-refractivity contribution in [2.45, 2.75) is 19.9 Å². The number of ether oxygens (including phenoxy) is 3. The average molecular weight is 386 g/mol. The topological polar surface area (TPSA) is 62.1 Å². The molecular weight excluding hydrogens is 364 g/mol. The molecule has 1 amide bonds. The molecule has 6 nitrogen and oxygen atoms in total. The van der Waals surface area contributed by atoms with Crippen LogP contribution in [0.25, 0.3) is 10.2 Å². The summed E-state index contributed by atoms with van der Waals surface area (Å²) in [4.78, 5) is 17.3. The number of hydrogen-bond donors (Lipinski definition) is 0. The summed E-state index contributed by atoms with van der Waals surface area (Å²) < 4.78 is 19.4. The zero-order valence-corrected chi connectivity index (χ0v) is 16.4. The van der Waals surface area contributed by atoms with Crippen LogP contribution in [0, 0.1) is 0 Å². The lowest BCUT2D eigenvalue weighted by Gasteiger charge is -2.09. The highest BCUT2D eigenvalue weighted by molar-refractivity contribution is 7.16. The number of benzene rings is 2. The number of rotatable bonds is 7. The van der Waals surface area contributed by atoms with Gasteiger partial charge in [-0.25, -0.2) is 0 Å². The second-order valence-electron chi connectivity index (χ2n) is 5.79. The number of carbonyl (C=O) groups is 1. The summed E-state index contributed by atoms with van der Waals surface area (Å²) in [6.07, 6.45) is 0.897. The van der Waals surface area contributed by atoms with Crippen LogP contribution in [0.2, 0.25) is 0 Å². The first kappa shape index (κ1) is 19.0. The zero-order chi connectivity index (χ0) is 19.2. The fourth-order valence-corrected chi connectivity index (χ4v) is 3.95. The van der Waals surface area contributed by atoms with E-state index in [1.54, 1.807) is 26.4 Å². The fraction of sp³-hybridized carbons (Fsp3) is 0.300. The van der Waals surface area contributed by atoms with Gasteiger partial charge in [-0.15, -0.1) is 0 Å². The first-order valence-corrected chi connectivity index (χ1v) is 9.49. The van der Waals surface area contributed by atoms with E-state index in [4.69, 9.17) is 14.2 Å². The SMILES string of the molecule is CCCn1c(=NC(=O)COc2ccccc2)sc2c(OC)ccc(OC)c21. The molecule has 27 heavy (non-hydrogen) atoms. The van der Waals surface area contributed by atoms with Crippen LogP contribution in [0.4, 0.5) is 0 Å². The molecule has 0 N–H and O–H groups in total. The van der Waals surface area contributed by atoms with Gasteiger partial charge >= 0.3 is 0 Å². The first-order chi connectivity index (χ1) is 13.2. The quantitative estimate of drug-likeness (QED) is 0.622. The van der Waals surface area contributed by atoms with Crippen molar-refractivity contribution in [3.05, 3.63) is 47.3 Å². The maximum Gasteiger partial charge on any atom is 0.286 e. The lowest BCUT2D eigenvalue weighted by Crippen LogP contribution is -2.19. The second-order valence-corrected chi connectivity index (χ2v) is 6.77. The van der Waals surface area contributed by atoms with Gasteiger partial charge in [0.1, 0.15) is 27.5 Å². The molecule has 0 atom stereocenters. The van der Waals surface area contributed by atoms with Crippen LogP contribution < -0.4 is 19.0 Å². The Kier molecular flexibility index (Phi) is 6.13. The van der Waals surface area contributed by atoms with E-state index in [2.05, 4.69) is 11.9 Å². The predicted octanol–water partition coefficient (Wildman–Crippen LogP) is 3.64. The van der Waals surface area contributed by atoms with E-state index < -0.39 is 0 Å².